The van der Waals surface area contributed by atoms with E-state index < -0.39 is 35.4 Å². The third-order valence-corrected chi connectivity index (χ3v) is 6.95. The smallest absolute Gasteiger partial charge is 0.328 e. The predicted molar refractivity (Wildman–Crippen MR) is 101 cm³/mol. The van der Waals surface area contributed by atoms with Gasteiger partial charge in [-0.1, -0.05) is 6.92 Å². The summed E-state index contributed by atoms with van der Waals surface area (Å²) in [6.45, 7) is 1.90. The summed E-state index contributed by atoms with van der Waals surface area (Å²) in [5.74, 6) is -1.80. The van der Waals surface area contributed by atoms with Crippen LogP contribution < -0.4 is 9.47 Å². The quantitative estimate of drug-likeness (QED) is 0.762. The molecule has 3 aliphatic rings. The molecule has 29 heavy (non-hydrogen) atoms. The van der Waals surface area contributed by atoms with Crippen molar-refractivity contribution in [3.63, 3.8) is 0 Å². The SMILES string of the molecule is COC(=O)C1Cc2cc(OC)c(OC)cc2C23CC(C)C(C(=O)O)C2CC(=O)N13. The third-order valence-electron chi connectivity index (χ3n) is 6.95. The number of carboxylic acids is 1. The fourth-order valence-corrected chi connectivity index (χ4v) is 5.97. The monoisotopic (exact) mass is 403 g/mol. The lowest BCUT2D eigenvalue weighted by Crippen LogP contribution is -2.58. The maximum Gasteiger partial charge on any atom is 0.328 e. The fraction of sp³-hybridized carbons (Fsp3) is 0.571. The summed E-state index contributed by atoms with van der Waals surface area (Å²) in [5.41, 5.74) is 0.833. The zero-order valence-corrected chi connectivity index (χ0v) is 16.9. The Morgan fingerprint density at radius 1 is 1.14 bits per heavy atom. The Kier molecular flexibility index (Phi) is 4.47. The van der Waals surface area contributed by atoms with E-state index in [0.29, 0.717) is 17.9 Å². The summed E-state index contributed by atoms with van der Waals surface area (Å²) in [6, 6.07) is 2.88. The Balaban J connectivity index is 1.99. The highest BCUT2D eigenvalue weighted by molar-refractivity contribution is 5.90. The number of nitrogens with zero attached hydrogens (tertiary/aromatic N) is 1. The van der Waals surface area contributed by atoms with Crippen molar-refractivity contribution in [2.75, 3.05) is 21.3 Å². The highest BCUT2D eigenvalue weighted by Gasteiger charge is 2.67. The van der Waals surface area contributed by atoms with Crippen molar-refractivity contribution >= 4 is 17.8 Å². The summed E-state index contributed by atoms with van der Waals surface area (Å²) in [4.78, 5) is 39.4. The molecule has 2 aliphatic heterocycles. The normalized spacial score (nSPS) is 32.3. The van der Waals surface area contributed by atoms with Crippen LogP contribution in [0.15, 0.2) is 12.1 Å². The Hall–Kier alpha value is -2.77. The number of fused-ring (bicyclic) bond motifs is 1. The number of methoxy groups -OCH3 is 3. The molecule has 1 saturated heterocycles. The number of esters is 1. The topological polar surface area (TPSA) is 102 Å². The Morgan fingerprint density at radius 3 is 2.38 bits per heavy atom. The lowest BCUT2D eigenvalue weighted by molar-refractivity contribution is -0.157. The summed E-state index contributed by atoms with van der Waals surface area (Å²) in [5, 5.41) is 9.89. The molecule has 1 N–H and O–H groups in total. The summed E-state index contributed by atoms with van der Waals surface area (Å²) >= 11 is 0. The molecule has 0 bridgehead atoms. The van der Waals surface area contributed by atoms with Gasteiger partial charge in [-0.05, 0) is 35.6 Å². The van der Waals surface area contributed by atoms with Gasteiger partial charge < -0.3 is 24.2 Å². The molecule has 5 unspecified atom stereocenters. The molecule has 1 amide bonds. The summed E-state index contributed by atoms with van der Waals surface area (Å²) < 4.78 is 15.9. The van der Waals surface area contributed by atoms with Crippen molar-refractivity contribution in [1.82, 2.24) is 4.90 Å². The van der Waals surface area contributed by atoms with Crippen molar-refractivity contribution in [2.45, 2.75) is 37.8 Å². The van der Waals surface area contributed by atoms with E-state index in [1.807, 2.05) is 19.1 Å². The first-order chi connectivity index (χ1) is 13.8. The number of carbonyl (C=O) groups excluding carboxylic acids is 2. The molecule has 2 fully saturated rings. The fourth-order valence-electron chi connectivity index (χ4n) is 5.97. The molecule has 1 saturated carbocycles. The van der Waals surface area contributed by atoms with Gasteiger partial charge in [0.15, 0.2) is 11.5 Å². The first kappa shape index (κ1) is 19.5. The number of amides is 1. The molecule has 1 aliphatic carbocycles. The minimum atomic E-state index is -0.906. The minimum Gasteiger partial charge on any atom is -0.493 e. The van der Waals surface area contributed by atoms with Crippen LogP contribution in [0.2, 0.25) is 0 Å². The van der Waals surface area contributed by atoms with E-state index in [-0.39, 0.29) is 24.7 Å². The first-order valence-corrected chi connectivity index (χ1v) is 9.68. The second kappa shape index (κ2) is 6.64. The summed E-state index contributed by atoms with van der Waals surface area (Å²) in [7, 11) is 4.37. The van der Waals surface area contributed by atoms with Gasteiger partial charge in [0.05, 0.1) is 32.8 Å². The predicted octanol–water partition coefficient (Wildman–Crippen LogP) is 1.59. The van der Waals surface area contributed by atoms with Gasteiger partial charge in [-0.3, -0.25) is 9.59 Å². The van der Waals surface area contributed by atoms with E-state index in [0.717, 1.165) is 11.1 Å². The number of hydrogen-bond donors (Lipinski definition) is 1. The number of ether oxygens (including phenoxy) is 3. The molecule has 8 nitrogen and oxygen atoms in total. The second-order valence-electron chi connectivity index (χ2n) is 8.15. The van der Waals surface area contributed by atoms with E-state index in [1.165, 1.54) is 21.3 Å². The molecule has 1 aromatic carbocycles. The van der Waals surface area contributed by atoms with Crippen LogP contribution in [0, 0.1) is 17.8 Å². The number of benzene rings is 1. The summed E-state index contributed by atoms with van der Waals surface area (Å²) in [6.07, 6.45) is 0.855. The third kappa shape index (κ3) is 2.47. The number of rotatable bonds is 4. The van der Waals surface area contributed by atoms with Gasteiger partial charge in [0.2, 0.25) is 5.91 Å². The molecule has 4 rings (SSSR count). The molecule has 0 radical (unpaired) electrons. The largest absolute Gasteiger partial charge is 0.493 e. The zero-order valence-electron chi connectivity index (χ0n) is 16.9. The molecule has 5 atom stereocenters. The van der Waals surface area contributed by atoms with Gasteiger partial charge in [0.1, 0.15) is 6.04 Å². The van der Waals surface area contributed by atoms with Gasteiger partial charge in [-0.2, -0.15) is 0 Å². The van der Waals surface area contributed by atoms with Crippen molar-refractivity contribution in [1.29, 1.82) is 0 Å². The van der Waals surface area contributed by atoms with Crippen LogP contribution in [0.1, 0.15) is 30.9 Å². The standard InChI is InChI=1S/C21H25NO7/c1-10-9-21-12-7-16(28-3)15(27-2)6-11(12)5-14(20(26)29-4)22(21)17(23)8-13(21)18(10)19(24)25/h6-7,10,13-14,18H,5,8-9H2,1-4H3,(H,24,25). The van der Waals surface area contributed by atoms with Crippen molar-refractivity contribution < 1.29 is 33.7 Å². The minimum absolute atomic E-state index is 0.0998. The Morgan fingerprint density at radius 2 is 1.79 bits per heavy atom. The lowest BCUT2D eigenvalue weighted by Gasteiger charge is -2.48. The van der Waals surface area contributed by atoms with Crippen LogP contribution >= 0.6 is 0 Å². The van der Waals surface area contributed by atoms with E-state index in [1.54, 1.807) is 4.90 Å². The van der Waals surface area contributed by atoms with Crippen molar-refractivity contribution in [2.24, 2.45) is 17.8 Å². The van der Waals surface area contributed by atoms with Gasteiger partial charge in [-0.15, -0.1) is 0 Å². The van der Waals surface area contributed by atoms with E-state index >= 15 is 0 Å². The van der Waals surface area contributed by atoms with Gasteiger partial charge >= 0.3 is 11.9 Å². The number of carboxylic acid groups (broad SMARTS) is 1. The molecule has 8 heteroatoms. The first-order valence-electron chi connectivity index (χ1n) is 9.68. The zero-order chi connectivity index (χ0) is 21.1. The number of hydrogen-bond acceptors (Lipinski definition) is 6. The van der Waals surface area contributed by atoms with Crippen LogP contribution in [0.4, 0.5) is 0 Å². The van der Waals surface area contributed by atoms with Gasteiger partial charge in [0.25, 0.3) is 0 Å². The van der Waals surface area contributed by atoms with Gasteiger partial charge in [0, 0.05) is 18.8 Å². The Labute approximate surface area is 168 Å². The molecular weight excluding hydrogens is 378 g/mol. The van der Waals surface area contributed by atoms with E-state index in [2.05, 4.69) is 0 Å². The Bertz CT molecular complexity index is 897. The van der Waals surface area contributed by atoms with Crippen LogP contribution in [-0.2, 0) is 31.1 Å². The van der Waals surface area contributed by atoms with Crippen LogP contribution in [-0.4, -0.2) is 55.2 Å². The van der Waals surface area contributed by atoms with Gasteiger partial charge in [-0.25, -0.2) is 4.79 Å². The average molecular weight is 403 g/mol. The lowest BCUT2D eigenvalue weighted by atomic mass is 9.72. The molecule has 1 aromatic rings. The molecule has 2 heterocycles. The number of aliphatic carboxylic acids is 1. The van der Waals surface area contributed by atoms with Crippen LogP contribution in [0.25, 0.3) is 0 Å². The second-order valence-corrected chi connectivity index (χ2v) is 8.15. The van der Waals surface area contributed by atoms with E-state index in [4.69, 9.17) is 14.2 Å². The number of carbonyl (C=O) groups is 3. The van der Waals surface area contributed by atoms with Crippen LogP contribution in [0.5, 0.6) is 11.5 Å². The highest BCUT2D eigenvalue weighted by Crippen LogP contribution is 2.62. The maximum absolute atomic E-state index is 13.1. The van der Waals surface area contributed by atoms with E-state index in [9.17, 15) is 19.5 Å². The molecule has 1 spiro atoms. The molecule has 0 aromatic heterocycles. The van der Waals surface area contributed by atoms with Crippen LogP contribution in [0.3, 0.4) is 0 Å². The highest BCUT2D eigenvalue weighted by atomic mass is 16.5. The maximum atomic E-state index is 13.1. The molecule has 156 valence electrons. The van der Waals surface area contributed by atoms with Crippen molar-refractivity contribution in [3.8, 4) is 11.5 Å². The van der Waals surface area contributed by atoms with Crippen molar-refractivity contribution in [3.05, 3.63) is 23.3 Å². The molecular formula is C21H25NO7. The average Bonchev–Trinajstić information content (AvgIpc) is 3.13.